The molecule has 70 valence electrons. The number of rotatable bonds is 2. The van der Waals surface area contributed by atoms with Crippen LogP contribution < -0.4 is 11.1 Å². The van der Waals surface area contributed by atoms with E-state index in [0.717, 1.165) is 10.2 Å². The lowest BCUT2D eigenvalue weighted by Gasteiger charge is -2.08. The molecule has 4 heteroatoms. The lowest BCUT2D eigenvalue weighted by Crippen LogP contribution is -2.32. The molecule has 0 saturated heterocycles. The predicted octanol–water partition coefficient (Wildman–Crippen LogP) is 1.73. The van der Waals surface area contributed by atoms with E-state index in [1.165, 1.54) is 0 Å². The van der Waals surface area contributed by atoms with Crippen LogP contribution in [0.5, 0.6) is 0 Å². The van der Waals surface area contributed by atoms with Crippen LogP contribution in [0.25, 0.3) is 0 Å². The highest BCUT2D eigenvalue weighted by Gasteiger charge is 2.08. The minimum Gasteiger partial charge on any atom is -0.324 e. The second-order valence-corrected chi connectivity index (χ2v) is 3.61. The van der Waals surface area contributed by atoms with Crippen molar-refractivity contribution in [1.82, 2.24) is 0 Å². The number of halogens is 1. The summed E-state index contributed by atoms with van der Waals surface area (Å²) in [6.07, 6.45) is 0. The molecule has 1 aromatic carbocycles. The largest absolute Gasteiger partial charge is 0.324 e. The summed E-state index contributed by atoms with van der Waals surface area (Å²) >= 11 is 3.32. The highest BCUT2D eigenvalue weighted by molar-refractivity contribution is 9.10. The molecule has 0 aliphatic carbocycles. The van der Waals surface area contributed by atoms with Gasteiger partial charge in [0.2, 0.25) is 5.91 Å². The first-order valence-electron chi connectivity index (χ1n) is 3.92. The number of carbonyl (C=O) groups excluding carboxylic acids is 1. The van der Waals surface area contributed by atoms with Crippen molar-refractivity contribution in [1.29, 1.82) is 0 Å². The van der Waals surface area contributed by atoms with Crippen molar-refractivity contribution in [3.8, 4) is 0 Å². The zero-order valence-electron chi connectivity index (χ0n) is 7.25. The maximum absolute atomic E-state index is 11.2. The van der Waals surface area contributed by atoms with Gasteiger partial charge in [-0.15, -0.1) is 0 Å². The van der Waals surface area contributed by atoms with Crippen molar-refractivity contribution in [3.63, 3.8) is 0 Å². The monoisotopic (exact) mass is 242 g/mol. The number of benzene rings is 1. The van der Waals surface area contributed by atoms with Gasteiger partial charge in [-0.25, -0.2) is 0 Å². The molecule has 1 atom stereocenters. The van der Waals surface area contributed by atoms with Crippen LogP contribution in [-0.4, -0.2) is 11.9 Å². The summed E-state index contributed by atoms with van der Waals surface area (Å²) in [7, 11) is 0. The molecule has 1 rings (SSSR count). The van der Waals surface area contributed by atoms with Crippen LogP contribution >= 0.6 is 15.9 Å². The van der Waals surface area contributed by atoms with E-state index in [1.54, 1.807) is 6.92 Å². The van der Waals surface area contributed by atoms with Gasteiger partial charge in [0.25, 0.3) is 0 Å². The second-order valence-electron chi connectivity index (χ2n) is 2.76. The molecule has 0 unspecified atom stereocenters. The topological polar surface area (TPSA) is 55.1 Å². The Bertz CT molecular complexity index is 312. The lowest BCUT2D eigenvalue weighted by molar-refractivity contribution is -0.117. The molecule has 0 heterocycles. The van der Waals surface area contributed by atoms with Gasteiger partial charge in [0.1, 0.15) is 0 Å². The Kier molecular flexibility index (Phi) is 3.45. The fourth-order valence-electron chi connectivity index (χ4n) is 0.809. The summed E-state index contributed by atoms with van der Waals surface area (Å²) in [5, 5.41) is 2.70. The average Bonchev–Trinajstić information content (AvgIpc) is 2.08. The molecule has 3 N–H and O–H groups in total. The molecule has 0 saturated carbocycles. The maximum atomic E-state index is 11.2. The molecular weight excluding hydrogens is 232 g/mol. The Morgan fingerprint density at radius 3 is 2.69 bits per heavy atom. The Morgan fingerprint density at radius 2 is 2.15 bits per heavy atom. The van der Waals surface area contributed by atoms with E-state index in [9.17, 15) is 4.79 Å². The number of hydrogen-bond acceptors (Lipinski definition) is 2. The number of hydrogen-bond donors (Lipinski definition) is 2. The molecule has 0 aliphatic heterocycles. The van der Waals surface area contributed by atoms with Crippen LogP contribution in [-0.2, 0) is 4.79 Å². The Labute approximate surface area is 85.4 Å². The number of amides is 1. The summed E-state index contributed by atoms with van der Waals surface area (Å²) in [4.78, 5) is 11.2. The molecule has 1 aromatic rings. The van der Waals surface area contributed by atoms with Crippen LogP contribution in [0.2, 0.25) is 0 Å². The van der Waals surface area contributed by atoms with E-state index in [1.807, 2.05) is 24.3 Å². The zero-order chi connectivity index (χ0) is 9.84. The van der Waals surface area contributed by atoms with Crippen LogP contribution in [0.3, 0.4) is 0 Å². The summed E-state index contributed by atoms with van der Waals surface area (Å²) < 4.78 is 0.851. The molecule has 0 spiro atoms. The first kappa shape index (κ1) is 10.2. The lowest BCUT2D eigenvalue weighted by atomic mass is 10.3. The van der Waals surface area contributed by atoms with Crippen LogP contribution in [0.15, 0.2) is 28.7 Å². The summed E-state index contributed by atoms with van der Waals surface area (Å²) in [5.74, 6) is -0.188. The van der Waals surface area contributed by atoms with Gasteiger partial charge in [0.15, 0.2) is 0 Å². The molecule has 3 nitrogen and oxygen atoms in total. The van der Waals surface area contributed by atoms with E-state index < -0.39 is 6.04 Å². The number of nitrogens with two attached hydrogens (primary N) is 1. The molecule has 0 aliphatic rings. The average molecular weight is 243 g/mol. The molecule has 0 radical (unpaired) electrons. The smallest absolute Gasteiger partial charge is 0.241 e. The van der Waals surface area contributed by atoms with Gasteiger partial charge < -0.3 is 11.1 Å². The molecule has 13 heavy (non-hydrogen) atoms. The number of nitrogens with one attached hydrogen (secondary N) is 1. The third-order valence-electron chi connectivity index (χ3n) is 1.55. The molecular formula is C9H11BrN2O. The molecule has 0 aromatic heterocycles. The minimum absolute atomic E-state index is 0.188. The van der Waals surface area contributed by atoms with Crippen molar-refractivity contribution in [3.05, 3.63) is 28.7 Å². The van der Waals surface area contributed by atoms with Gasteiger partial charge in [-0.3, -0.25) is 4.79 Å². The van der Waals surface area contributed by atoms with Crippen LogP contribution in [0.4, 0.5) is 5.69 Å². The van der Waals surface area contributed by atoms with Crippen molar-refractivity contribution in [2.24, 2.45) is 5.73 Å². The molecule has 0 fully saturated rings. The van der Waals surface area contributed by atoms with E-state index in [-0.39, 0.29) is 5.91 Å². The molecule has 0 bridgehead atoms. The van der Waals surface area contributed by atoms with E-state index in [4.69, 9.17) is 5.73 Å². The van der Waals surface area contributed by atoms with E-state index >= 15 is 0 Å². The Morgan fingerprint density at radius 1 is 1.54 bits per heavy atom. The fourth-order valence-corrected chi connectivity index (χ4v) is 1.19. The third kappa shape index (κ3) is 2.82. The van der Waals surface area contributed by atoms with Gasteiger partial charge in [-0.2, -0.15) is 0 Å². The van der Waals surface area contributed by atoms with Crippen molar-refractivity contribution < 1.29 is 4.79 Å². The van der Waals surface area contributed by atoms with Gasteiger partial charge in [0.05, 0.1) is 11.7 Å². The van der Waals surface area contributed by atoms with E-state index in [0.29, 0.717) is 0 Å². The van der Waals surface area contributed by atoms with Gasteiger partial charge in [0, 0.05) is 4.47 Å². The van der Waals surface area contributed by atoms with Gasteiger partial charge in [-0.05, 0) is 35.0 Å². The first-order valence-corrected chi connectivity index (χ1v) is 4.71. The fraction of sp³-hybridized carbons (Fsp3) is 0.222. The Balaban J connectivity index is 2.75. The minimum atomic E-state index is -0.493. The highest BCUT2D eigenvalue weighted by Crippen LogP contribution is 2.20. The summed E-state index contributed by atoms with van der Waals surface area (Å²) in [6, 6.07) is 6.90. The second kappa shape index (κ2) is 4.39. The van der Waals surface area contributed by atoms with Crippen LogP contribution in [0, 0.1) is 0 Å². The van der Waals surface area contributed by atoms with Crippen molar-refractivity contribution in [2.45, 2.75) is 13.0 Å². The quantitative estimate of drug-likeness (QED) is 0.831. The van der Waals surface area contributed by atoms with Gasteiger partial charge in [-0.1, -0.05) is 12.1 Å². The highest BCUT2D eigenvalue weighted by atomic mass is 79.9. The zero-order valence-corrected chi connectivity index (χ0v) is 8.84. The van der Waals surface area contributed by atoms with Gasteiger partial charge >= 0.3 is 0 Å². The Hall–Kier alpha value is -0.870. The SMILES string of the molecule is C[C@@H](N)C(=O)Nc1ccccc1Br. The third-order valence-corrected chi connectivity index (χ3v) is 2.24. The van der Waals surface area contributed by atoms with Crippen molar-refractivity contribution in [2.75, 3.05) is 5.32 Å². The number of para-hydroxylation sites is 1. The molecule has 1 amide bonds. The summed E-state index contributed by atoms with van der Waals surface area (Å²) in [6.45, 7) is 1.65. The summed E-state index contributed by atoms with van der Waals surface area (Å²) in [5.41, 5.74) is 6.15. The predicted molar refractivity (Wildman–Crippen MR) is 56.4 cm³/mol. The van der Waals surface area contributed by atoms with Crippen LogP contribution in [0.1, 0.15) is 6.92 Å². The van der Waals surface area contributed by atoms with Crippen molar-refractivity contribution >= 4 is 27.5 Å². The van der Waals surface area contributed by atoms with E-state index in [2.05, 4.69) is 21.2 Å². The standard InChI is InChI=1S/C9H11BrN2O/c1-6(11)9(13)12-8-5-3-2-4-7(8)10/h2-6H,11H2,1H3,(H,12,13)/t6-/m1/s1. The number of carbonyl (C=O) groups is 1. The first-order chi connectivity index (χ1) is 6.11. The number of anilines is 1. The normalized spacial score (nSPS) is 12.2. The maximum Gasteiger partial charge on any atom is 0.241 e.